The zero-order valence-corrected chi connectivity index (χ0v) is 7.13. The van der Waals surface area contributed by atoms with E-state index in [4.69, 9.17) is 5.73 Å². The average molecular weight is 170 g/mol. The quantitative estimate of drug-likeness (QED) is 0.591. The molecular weight excluding hydrogens is 156 g/mol. The summed E-state index contributed by atoms with van der Waals surface area (Å²) in [7, 11) is 0. The highest BCUT2D eigenvalue weighted by molar-refractivity contribution is 4.89. The Bertz CT molecular complexity index is 277. The first-order chi connectivity index (χ1) is 5.74. The van der Waals surface area contributed by atoms with Gasteiger partial charge in [0.05, 0.1) is 0 Å². The van der Waals surface area contributed by atoms with E-state index in [1.807, 2.05) is 6.92 Å². The topological polar surface area (TPSA) is 87.6 Å². The molecular formula is C7H14N4O. The molecule has 0 aromatic carbocycles. The Hall–Kier alpha value is -1.10. The number of nitrogens with one attached hydrogen (secondary N) is 2. The van der Waals surface area contributed by atoms with E-state index >= 15 is 0 Å². The average Bonchev–Trinajstić information content (AvgIpc) is 2.47. The van der Waals surface area contributed by atoms with Gasteiger partial charge in [0.15, 0.2) is 0 Å². The summed E-state index contributed by atoms with van der Waals surface area (Å²) in [5.74, 6) is 0.987. The lowest BCUT2D eigenvalue weighted by Gasteiger charge is -2.04. The standard InChI is InChI=1S/C7H14N4O/c1-5(3-2-4-8)6-9-7(12)11-10-6/h5H,2-4,8H2,1H3,(H2,9,10,11,12). The van der Waals surface area contributed by atoms with Gasteiger partial charge in [-0.3, -0.25) is 4.98 Å². The van der Waals surface area contributed by atoms with Crippen molar-refractivity contribution in [1.82, 2.24) is 15.2 Å². The number of aromatic nitrogens is 3. The second-order valence-corrected chi connectivity index (χ2v) is 2.89. The van der Waals surface area contributed by atoms with Crippen molar-refractivity contribution in [3.63, 3.8) is 0 Å². The van der Waals surface area contributed by atoms with Crippen LogP contribution < -0.4 is 11.4 Å². The number of hydrogen-bond acceptors (Lipinski definition) is 3. The number of rotatable bonds is 4. The summed E-state index contributed by atoms with van der Waals surface area (Å²) in [4.78, 5) is 13.3. The van der Waals surface area contributed by atoms with Gasteiger partial charge in [-0.1, -0.05) is 6.92 Å². The van der Waals surface area contributed by atoms with Crippen LogP contribution in [0.4, 0.5) is 0 Å². The van der Waals surface area contributed by atoms with Gasteiger partial charge in [0.1, 0.15) is 5.82 Å². The number of aromatic amines is 2. The van der Waals surface area contributed by atoms with Gasteiger partial charge >= 0.3 is 5.69 Å². The molecule has 1 heterocycles. The highest BCUT2D eigenvalue weighted by atomic mass is 16.1. The lowest BCUT2D eigenvalue weighted by atomic mass is 10.1. The van der Waals surface area contributed by atoms with Crippen LogP contribution in [0.2, 0.25) is 0 Å². The predicted octanol–water partition coefficient (Wildman–Crippen LogP) is -0.0596. The summed E-state index contributed by atoms with van der Waals surface area (Å²) in [5, 5.41) is 6.17. The number of nitrogens with two attached hydrogens (primary N) is 1. The van der Waals surface area contributed by atoms with Crippen LogP contribution in [-0.4, -0.2) is 21.7 Å². The molecule has 0 spiro atoms. The first kappa shape index (κ1) is 8.99. The van der Waals surface area contributed by atoms with Crippen LogP contribution in [0, 0.1) is 0 Å². The zero-order valence-electron chi connectivity index (χ0n) is 7.13. The van der Waals surface area contributed by atoms with Crippen molar-refractivity contribution in [1.29, 1.82) is 0 Å². The fraction of sp³-hybridized carbons (Fsp3) is 0.714. The Labute approximate surface area is 70.4 Å². The Morgan fingerprint density at radius 1 is 1.67 bits per heavy atom. The first-order valence-electron chi connectivity index (χ1n) is 4.08. The Balaban J connectivity index is 2.53. The summed E-state index contributed by atoms with van der Waals surface area (Å²) in [5.41, 5.74) is 5.11. The van der Waals surface area contributed by atoms with Crippen molar-refractivity contribution in [3.8, 4) is 0 Å². The Morgan fingerprint density at radius 3 is 2.92 bits per heavy atom. The zero-order chi connectivity index (χ0) is 8.97. The third kappa shape index (κ3) is 2.20. The molecule has 0 aliphatic heterocycles. The highest BCUT2D eigenvalue weighted by Crippen LogP contribution is 2.13. The Morgan fingerprint density at radius 2 is 2.42 bits per heavy atom. The molecule has 0 saturated carbocycles. The van der Waals surface area contributed by atoms with E-state index in [-0.39, 0.29) is 11.6 Å². The molecule has 0 amide bonds. The van der Waals surface area contributed by atoms with Gasteiger partial charge in [0.2, 0.25) is 0 Å². The third-order valence-electron chi connectivity index (χ3n) is 1.83. The number of nitrogens with zero attached hydrogens (tertiary/aromatic N) is 1. The van der Waals surface area contributed by atoms with Gasteiger partial charge in [-0.15, -0.1) is 0 Å². The van der Waals surface area contributed by atoms with E-state index in [9.17, 15) is 4.79 Å². The van der Waals surface area contributed by atoms with Gasteiger partial charge in [-0.2, -0.15) is 5.10 Å². The summed E-state index contributed by atoms with van der Waals surface area (Å²) in [6.07, 6.45) is 1.91. The minimum atomic E-state index is -0.246. The highest BCUT2D eigenvalue weighted by Gasteiger charge is 2.07. The van der Waals surface area contributed by atoms with Crippen LogP contribution in [0.15, 0.2) is 4.79 Å². The molecule has 0 aliphatic rings. The summed E-state index contributed by atoms with van der Waals surface area (Å²) < 4.78 is 0. The SMILES string of the molecule is CC(CCCN)c1n[nH]c(=O)[nH]1. The van der Waals surface area contributed by atoms with Crippen molar-refractivity contribution in [2.45, 2.75) is 25.7 Å². The normalized spacial score (nSPS) is 13.2. The van der Waals surface area contributed by atoms with Crippen LogP contribution in [0.5, 0.6) is 0 Å². The van der Waals surface area contributed by atoms with E-state index in [1.54, 1.807) is 0 Å². The summed E-state index contributed by atoms with van der Waals surface area (Å²) in [6, 6.07) is 0. The van der Waals surface area contributed by atoms with Crippen molar-refractivity contribution >= 4 is 0 Å². The second kappa shape index (κ2) is 4.06. The van der Waals surface area contributed by atoms with Crippen LogP contribution >= 0.6 is 0 Å². The van der Waals surface area contributed by atoms with Crippen LogP contribution in [0.25, 0.3) is 0 Å². The Kier molecular flexibility index (Phi) is 3.04. The molecule has 1 unspecified atom stereocenters. The molecule has 1 aromatic rings. The second-order valence-electron chi connectivity index (χ2n) is 2.89. The lowest BCUT2D eigenvalue weighted by molar-refractivity contribution is 0.611. The maximum atomic E-state index is 10.7. The smallest absolute Gasteiger partial charge is 0.330 e. The van der Waals surface area contributed by atoms with E-state index in [1.165, 1.54) is 0 Å². The molecule has 0 saturated heterocycles. The van der Waals surface area contributed by atoms with Crippen molar-refractivity contribution < 1.29 is 0 Å². The minimum Gasteiger partial charge on any atom is -0.330 e. The predicted molar refractivity (Wildman–Crippen MR) is 45.9 cm³/mol. The van der Waals surface area contributed by atoms with E-state index in [0.717, 1.165) is 12.8 Å². The van der Waals surface area contributed by atoms with Gasteiger partial charge in [0.25, 0.3) is 0 Å². The largest absolute Gasteiger partial charge is 0.340 e. The molecule has 4 N–H and O–H groups in total. The molecule has 1 aromatic heterocycles. The van der Waals surface area contributed by atoms with Crippen molar-refractivity contribution in [3.05, 3.63) is 16.3 Å². The van der Waals surface area contributed by atoms with E-state index in [2.05, 4.69) is 15.2 Å². The summed E-state index contributed by atoms with van der Waals surface area (Å²) in [6.45, 7) is 2.70. The first-order valence-corrected chi connectivity index (χ1v) is 4.08. The molecule has 5 heteroatoms. The van der Waals surface area contributed by atoms with Crippen LogP contribution in [0.3, 0.4) is 0 Å². The van der Waals surface area contributed by atoms with Gasteiger partial charge < -0.3 is 5.73 Å². The number of H-pyrrole nitrogens is 2. The lowest BCUT2D eigenvalue weighted by Crippen LogP contribution is -2.05. The molecule has 0 fully saturated rings. The van der Waals surface area contributed by atoms with Gasteiger partial charge in [0, 0.05) is 5.92 Å². The fourth-order valence-electron chi connectivity index (χ4n) is 1.08. The number of hydrogen-bond donors (Lipinski definition) is 3. The van der Waals surface area contributed by atoms with E-state index < -0.39 is 0 Å². The maximum absolute atomic E-state index is 10.7. The van der Waals surface area contributed by atoms with Gasteiger partial charge in [-0.05, 0) is 19.4 Å². The summed E-state index contributed by atoms with van der Waals surface area (Å²) >= 11 is 0. The monoisotopic (exact) mass is 170 g/mol. The van der Waals surface area contributed by atoms with Crippen LogP contribution in [0.1, 0.15) is 31.5 Å². The van der Waals surface area contributed by atoms with Crippen molar-refractivity contribution in [2.75, 3.05) is 6.54 Å². The van der Waals surface area contributed by atoms with Crippen molar-refractivity contribution in [2.24, 2.45) is 5.73 Å². The molecule has 1 atom stereocenters. The fourth-order valence-corrected chi connectivity index (χ4v) is 1.08. The molecule has 0 bridgehead atoms. The van der Waals surface area contributed by atoms with Crippen LogP contribution in [-0.2, 0) is 0 Å². The molecule has 1 rings (SSSR count). The third-order valence-corrected chi connectivity index (χ3v) is 1.83. The molecule has 0 aliphatic carbocycles. The molecule has 0 radical (unpaired) electrons. The molecule has 68 valence electrons. The van der Waals surface area contributed by atoms with E-state index in [0.29, 0.717) is 12.4 Å². The van der Waals surface area contributed by atoms with Gasteiger partial charge in [-0.25, -0.2) is 9.89 Å². The molecule has 5 nitrogen and oxygen atoms in total. The maximum Gasteiger partial charge on any atom is 0.340 e. The minimum absolute atomic E-state index is 0.246. The molecule has 12 heavy (non-hydrogen) atoms.